The van der Waals surface area contributed by atoms with E-state index in [9.17, 15) is 0 Å². The summed E-state index contributed by atoms with van der Waals surface area (Å²) in [5.74, 6) is 1.44. The van der Waals surface area contributed by atoms with E-state index >= 15 is 0 Å². The minimum Gasteiger partial charge on any atom is -0.465 e. The average molecular weight is 256 g/mol. The first-order valence-electron chi connectivity index (χ1n) is 5.93. The van der Waals surface area contributed by atoms with Crippen LogP contribution in [0, 0.1) is 5.92 Å². The molecule has 1 aromatic rings. The fourth-order valence-corrected chi connectivity index (χ4v) is 2.17. The zero-order valence-electron chi connectivity index (χ0n) is 9.99. The van der Waals surface area contributed by atoms with Crippen LogP contribution in [0.5, 0.6) is 5.75 Å². The lowest BCUT2D eigenvalue weighted by Gasteiger charge is -2.20. The van der Waals surface area contributed by atoms with Crippen LogP contribution < -0.4 is 10.1 Å². The molecule has 1 N–H and O–H groups in total. The van der Waals surface area contributed by atoms with E-state index in [4.69, 9.17) is 21.1 Å². The Hall–Kier alpha value is -0.770. The first-order chi connectivity index (χ1) is 8.28. The summed E-state index contributed by atoms with van der Waals surface area (Å²) in [5, 5.41) is 4.06. The fraction of sp³-hybridized carbons (Fsp3) is 0.538. The summed E-state index contributed by atoms with van der Waals surface area (Å²) in [6.45, 7) is 2.16. The molecule has 0 bridgehead atoms. The predicted octanol–water partition coefficient (Wildman–Crippen LogP) is 2.69. The van der Waals surface area contributed by atoms with Crippen LogP contribution in [0.3, 0.4) is 0 Å². The van der Waals surface area contributed by atoms with E-state index in [1.54, 1.807) is 7.11 Å². The molecule has 0 aliphatic carbocycles. The Morgan fingerprint density at radius 1 is 1.41 bits per heavy atom. The van der Waals surface area contributed by atoms with Crippen molar-refractivity contribution < 1.29 is 9.47 Å². The third-order valence-electron chi connectivity index (χ3n) is 3.03. The Morgan fingerprint density at radius 3 is 2.76 bits per heavy atom. The zero-order chi connectivity index (χ0) is 12.1. The van der Waals surface area contributed by atoms with Gasteiger partial charge in [-0.3, -0.25) is 0 Å². The third kappa shape index (κ3) is 3.87. The van der Waals surface area contributed by atoms with Crippen molar-refractivity contribution in [2.24, 2.45) is 5.92 Å². The second-order valence-corrected chi connectivity index (χ2v) is 4.77. The van der Waals surface area contributed by atoms with Crippen LogP contribution in [0.15, 0.2) is 24.3 Å². The molecule has 1 aliphatic rings. The Labute approximate surface area is 107 Å². The highest BCUT2D eigenvalue weighted by atomic mass is 35.5. The van der Waals surface area contributed by atoms with Gasteiger partial charge in [-0.05, 0) is 49.7 Å². The highest BCUT2D eigenvalue weighted by Gasteiger charge is 2.20. The minimum atomic E-state index is -0.180. The lowest BCUT2D eigenvalue weighted by Crippen LogP contribution is -2.23. The van der Waals surface area contributed by atoms with Gasteiger partial charge in [-0.2, -0.15) is 0 Å². The molecule has 2 rings (SSSR count). The normalized spacial score (nSPS) is 21.4. The van der Waals surface area contributed by atoms with E-state index in [2.05, 4.69) is 5.32 Å². The van der Waals surface area contributed by atoms with Crippen LogP contribution >= 0.6 is 11.6 Å². The minimum absolute atomic E-state index is 0.180. The number of hydrogen-bond acceptors (Lipinski definition) is 3. The van der Waals surface area contributed by atoms with E-state index in [0.29, 0.717) is 10.9 Å². The predicted molar refractivity (Wildman–Crippen MR) is 68.5 cm³/mol. The van der Waals surface area contributed by atoms with Crippen LogP contribution in [0.25, 0.3) is 0 Å². The maximum absolute atomic E-state index is 5.82. The Kier molecular flexibility index (Phi) is 4.66. The summed E-state index contributed by atoms with van der Waals surface area (Å²) in [5.41, 5.74) is 0. The topological polar surface area (TPSA) is 30.5 Å². The summed E-state index contributed by atoms with van der Waals surface area (Å²) in [7, 11) is 1.68. The molecule has 1 fully saturated rings. The standard InChI is InChI=1S/C13H18ClNO2/c1-16-13(8-10-6-7-15-9-10)17-12-4-2-11(14)3-5-12/h2-5,10,13,15H,6-9H2,1H3. The van der Waals surface area contributed by atoms with Crippen LogP contribution in [-0.2, 0) is 4.74 Å². The number of halogens is 1. The van der Waals surface area contributed by atoms with Gasteiger partial charge >= 0.3 is 0 Å². The van der Waals surface area contributed by atoms with Gasteiger partial charge in [0, 0.05) is 18.6 Å². The Bertz CT molecular complexity index is 336. The molecule has 4 heteroatoms. The van der Waals surface area contributed by atoms with Crippen molar-refractivity contribution in [2.45, 2.75) is 19.1 Å². The first kappa shape index (κ1) is 12.7. The van der Waals surface area contributed by atoms with Gasteiger partial charge in [0.05, 0.1) is 0 Å². The van der Waals surface area contributed by atoms with E-state index in [0.717, 1.165) is 25.3 Å². The number of ether oxygens (including phenoxy) is 2. The van der Waals surface area contributed by atoms with Crippen molar-refractivity contribution in [3.05, 3.63) is 29.3 Å². The summed E-state index contributed by atoms with van der Waals surface area (Å²) in [6, 6.07) is 7.37. The molecule has 17 heavy (non-hydrogen) atoms. The smallest absolute Gasteiger partial charge is 0.199 e. The number of nitrogens with one attached hydrogen (secondary N) is 1. The van der Waals surface area contributed by atoms with E-state index < -0.39 is 0 Å². The zero-order valence-corrected chi connectivity index (χ0v) is 10.7. The summed E-state index contributed by atoms with van der Waals surface area (Å²) < 4.78 is 11.1. The lowest BCUT2D eigenvalue weighted by atomic mass is 10.1. The molecule has 2 atom stereocenters. The molecule has 2 unspecified atom stereocenters. The largest absolute Gasteiger partial charge is 0.465 e. The van der Waals surface area contributed by atoms with Crippen molar-refractivity contribution in [1.82, 2.24) is 5.32 Å². The SMILES string of the molecule is COC(CC1CCNC1)Oc1ccc(Cl)cc1. The van der Waals surface area contributed by atoms with Crippen molar-refractivity contribution in [3.8, 4) is 5.75 Å². The molecule has 1 aliphatic heterocycles. The molecule has 3 nitrogen and oxygen atoms in total. The lowest BCUT2D eigenvalue weighted by molar-refractivity contribution is -0.0662. The monoisotopic (exact) mass is 255 g/mol. The molecule has 0 spiro atoms. The first-order valence-corrected chi connectivity index (χ1v) is 6.31. The molecular formula is C13H18ClNO2. The molecule has 1 heterocycles. The van der Waals surface area contributed by atoms with Gasteiger partial charge in [0.15, 0.2) is 6.29 Å². The average Bonchev–Trinajstić information content (AvgIpc) is 2.84. The Morgan fingerprint density at radius 2 is 2.18 bits per heavy atom. The van der Waals surface area contributed by atoms with Crippen LogP contribution in [0.2, 0.25) is 5.02 Å². The highest BCUT2D eigenvalue weighted by Crippen LogP contribution is 2.21. The van der Waals surface area contributed by atoms with Gasteiger partial charge in [-0.25, -0.2) is 0 Å². The van der Waals surface area contributed by atoms with Gasteiger partial charge in [0.25, 0.3) is 0 Å². The van der Waals surface area contributed by atoms with Crippen LogP contribution in [-0.4, -0.2) is 26.5 Å². The van der Waals surface area contributed by atoms with Gasteiger partial charge in [-0.1, -0.05) is 11.6 Å². The fourth-order valence-electron chi connectivity index (χ4n) is 2.05. The number of rotatable bonds is 5. The molecule has 0 aromatic heterocycles. The van der Waals surface area contributed by atoms with Gasteiger partial charge < -0.3 is 14.8 Å². The molecule has 0 amide bonds. The number of methoxy groups -OCH3 is 1. The molecular weight excluding hydrogens is 238 g/mol. The molecule has 1 aromatic carbocycles. The molecule has 0 saturated carbocycles. The maximum atomic E-state index is 5.82. The number of hydrogen-bond donors (Lipinski definition) is 1. The third-order valence-corrected chi connectivity index (χ3v) is 3.28. The van der Waals surface area contributed by atoms with Crippen molar-refractivity contribution >= 4 is 11.6 Å². The highest BCUT2D eigenvalue weighted by molar-refractivity contribution is 6.30. The van der Waals surface area contributed by atoms with Crippen molar-refractivity contribution in [2.75, 3.05) is 20.2 Å². The summed E-state index contributed by atoms with van der Waals surface area (Å²) >= 11 is 5.82. The van der Waals surface area contributed by atoms with E-state index in [1.165, 1.54) is 6.42 Å². The summed E-state index contributed by atoms with van der Waals surface area (Å²) in [4.78, 5) is 0. The second-order valence-electron chi connectivity index (χ2n) is 4.33. The molecule has 1 saturated heterocycles. The number of benzene rings is 1. The van der Waals surface area contributed by atoms with Gasteiger partial charge in [0.1, 0.15) is 5.75 Å². The van der Waals surface area contributed by atoms with Crippen molar-refractivity contribution in [3.63, 3.8) is 0 Å². The van der Waals surface area contributed by atoms with Crippen LogP contribution in [0.4, 0.5) is 0 Å². The van der Waals surface area contributed by atoms with Gasteiger partial charge in [-0.15, -0.1) is 0 Å². The van der Waals surface area contributed by atoms with Crippen molar-refractivity contribution in [1.29, 1.82) is 0 Å². The van der Waals surface area contributed by atoms with E-state index in [1.807, 2.05) is 24.3 Å². The maximum Gasteiger partial charge on any atom is 0.199 e. The Balaban J connectivity index is 1.87. The molecule has 0 radical (unpaired) electrons. The second kappa shape index (κ2) is 6.24. The van der Waals surface area contributed by atoms with Crippen LogP contribution in [0.1, 0.15) is 12.8 Å². The molecule has 94 valence electrons. The van der Waals surface area contributed by atoms with E-state index in [-0.39, 0.29) is 6.29 Å². The quantitative estimate of drug-likeness (QED) is 0.821. The summed E-state index contributed by atoms with van der Waals surface area (Å²) in [6.07, 6.45) is 1.94. The van der Waals surface area contributed by atoms with Gasteiger partial charge in [0.2, 0.25) is 0 Å².